The zero-order chi connectivity index (χ0) is 13.0. The quantitative estimate of drug-likeness (QED) is 0.483. The molecule has 0 radical (unpaired) electrons. The summed E-state index contributed by atoms with van der Waals surface area (Å²) in [6.07, 6.45) is 0. The van der Waals surface area contributed by atoms with Crippen LogP contribution < -0.4 is 11.1 Å². The highest BCUT2D eigenvalue weighted by Crippen LogP contribution is 2.15. The monoisotopic (exact) mass is 255 g/mol. The molecule has 3 fully saturated rings. The van der Waals surface area contributed by atoms with Crippen molar-refractivity contribution in [3.05, 3.63) is 0 Å². The molecular formula is C12H25N5O. The van der Waals surface area contributed by atoms with Gasteiger partial charge in [0.15, 0.2) is 5.96 Å². The maximum atomic E-state index is 5.87. The van der Waals surface area contributed by atoms with E-state index in [1.807, 2.05) is 6.92 Å². The number of fused-ring (bicyclic) bond motifs is 3. The first-order chi connectivity index (χ1) is 8.69. The number of rotatable bonds is 5. The number of guanidine groups is 1. The Balaban J connectivity index is 1.76. The Bertz CT molecular complexity index is 288. The molecule has 0 aromatic heterocycles. The molecule has 0 aliphatic carbocycles. The molecule has 0 aromatic carbocycles. The maximum absolute atomic E-state index is 5.87. The van der Waals surface area contributed by atoms with E-state index in [0.717, 1.165) is 13.1 Å². The Hall–Kier alpha value is -0.850. The van der Waals surface area contributed by atoms with E-state index in [4.69, 9.17) is 10.5 Å². The van der Waals surface area contributed by atoms with Crippen molar-refractivity contribution in [2.45, 2.75) is 19.0 Å². The second kappa shape index (κ2) is 6.36. The summed E-state index contributed by atoms with van der Waals surface area (Å²) in [5.74, 6) is 0.525. The summed E-state index contributed by atoms with van der Waals surface area (Å²) in [6, 6.07) is 0.733. The average molecular weight is 255 g/mol. The van der Waals surface area contributed by atoms with Crippen LogP contribution in [0.1, 0.15) is 6.92 Å². The second-order valence-corrected chi connectivity index (χ2v) is 5.22. The minimum Gasteiger partial charge on any atom is -0.383 e. The number of nitrogens with two attached hydrogens (primary N) is 1. The molecule has 0 saturated carbocycles. The Morgan fingerprint density at radius 1 is 1.44 bits per heavy atom. The molecule has 2 atom stereocenters. The summed E-state index contributed by atoms with van der Waals surface area (Å²) in [5.41, 5.74) is 5.87. The highest BCUT2D eigenvalue weighted by atomic mass is 16.5. The van der Waals surface area contributed by atoms with Gasteiger partial charge >= 0.3 is 0 Å². The number of piperazine rings is 3. The number of hydrogen-bond acceptors (Lipinski definition) is 4. The van der Waals surface area contributed by atoms with Crippen molar-refractivity contribution in [2.24, 2.45) is 10.7 Å². The van der Waals surface area contributed by atoms with Crippen LogP contribution in [0, 0.1) is 0 Å². The molecule has 2 unspecified atom stereocenters. The smallest absolute Gasteiger partial charge is 0.188 e. The molecule has 3 aliphatic rings. The fourth-order valence-corrected chi connectivity index (χ4v) is 2.69. The van der Waals surface area contributed by atoms with Crippen LogP contribution in [0.15, 0.2) is 4.99 Å². The van der Waals surface area contributed by atoms with Crippen LogP contribution in [-0.4, -0.2) is 80.8 Å². The van der Waals surface area contributed by atoms with Gasteiger partial charge in [-0.1, -0.05) is 0 Å². The van der Waals surface area contributed by atoms with Gasteiger partial charge in [0.25, 0.3) is 0 Å². The third-order valence-electron chi connectivity index (χ3n) is 3.68. The van der Waals surface area contributed by atoms with Gasteiger partial charge in [-0.2, -0.15) is 0 Å². The van der Waals surface area contributed by atoms with E-state index in [9.17, 15) is 0 Å². The number of ether oxygens (including phenoxy) is 1. The standard InChI is InChI=1S/C12H25N5O/c1-10(9-18-2)15-12(13)14-7-11-8-16-3-5-17(11)6-4-16/h10-11H,3-9H2,1-2H3,(H3,13,14,15). The first-order valence-electron chi connectivity index (χ1n) is 6.71. The van der Waals surface area contributed by atoms with Gasteiger partial charge in [0, 0.05) is 51.9 Å². The van der Waals surface area contributed by atoms with Gasteiger partial charge in [-0.25, -0.2) is 0 Å². The summed E-state index contributed by atoms with van der Waals surface area (Å²) >= 11 is 0. The van der Waals surface area contributed by atoms with Crippen molar-refractivity contribution in [1.29, 1.82) is 0 Å². The van der Waals surface area contributed by atoms with Gasteiger partial charge in [0.05, 0.1) is 13.2 Å². The van der Waals surface area contributed by atoms with Gasteiger partial charge in [-0.15, -0.1) is 0 Å². The number of aliphatic imine (C=N–C) groups is 1. The summed E-state index contributed by atoms with van der Waals surface area (Å²) < 4.78 is 5.05. The lowest BCUT2D eigenvalue weighted by molar-refractivity contribution is 0.0174. The Labute approximate surface area is 109 Å². The molecular weight excluding hydrogens is 230 g/mol. The summed E-state index contributed by atoms with van der Waals surface area (Å²) in [6.45, 7) is 9.35. The van der Waals surface area contributed by atoms with E-state index >= 15 is 0 Å². The predicted octanol–water partition coefficient (Wildman–Crippen LogP) is -1.07. The van der Waals surface area contributed by atoms with Gasteiger partial charge in [-0.05, 0) is 6.92 Å². The Morgan fingerprint density at radius 3 is 2.72 bits per heavy atom. The molecule has 6 heteroatoms. The lowest BCUT2D eigenvalue weighted by atomic mass is 10.1. The molecule has 3 N–H and O–H groups in total. The average Bonchev–Trinajstić information content (AvgIpc) is 2.38. The highest BCUT2D eigenvalue weighted by Gasteiger charge is 2.31. The first-order valence-corrected chi connectivity index (χ1v) is 6.71. The lowest BCUT2D eigenvalue weighted by Gasteiger charge is -2.47. The van der Waals surface area contributed by atoms with E-state index < -0.39 is 0 Å². The second-order valence-electron chi connectivity index (χ2n) is 5.22. The molecule has 2 bridgehead atoms. The molecule has 3 rings (SSSR count). The van der Waals surface area contributed by atoms with Crippen LogP contribution in [-0.2, 0) is 4.74 Å². The molecule has 3 heterocycles. The minimum absolute atomic E-state index is 0.200. The van der Waals surface area contributed by atoms with Crippen LogP contribution in [0.5, 0.6) is 0 Å². The van der Waals surface area contributed by atoms with Gasteiger partial charge in [0.1, 0.15) is 0 Å². The first kappa shape index (κ1) is 13.6. The number of nitrogens with one attached hydrogen (secondary N) is 1. The van der Waals surface area contributed by atoms with Crippen molar-refractivity contribution in [3.63, 3.8) is 0 Å². The fourth-order valence-electron chi connectivity index (χ4n) is 2.69. The van der Waals surface area contributed by atoms with Crippen molar-refractivity contribution in [1.82, 2.24) is 15.1 Å². The fraction of sp³-hybridized carbons (Fsp3) is 0.917. The zero-order valence-electron chi connectivity index (χ0n) is 11.4. The van der Waals surface area contributed by atoms with E-state index in [-0.39, 0.29) is 6.04 Å². The molecule has 104 valence electrons. The zero-order valence-corrected chi connectivity index (χ0v) is 11.4. The van der Waals surface area contributed by atoms with Crippen LogP contribution in [0.3, 0.4) is 0 Å². The third kappa shape index (κ3) is 3.57. The van der Waals surface area contributed by atoms with Crippen molar-refractivity contribution in [2.75, 3.05) is 53.0 Å². The topological polar surface area (TPSA) is 66.1 Å². The van der Waals surface area contributed by atoms with E-state index in [0.29, 0.717) is 18.6 Å². The predicted molar refractivity (Wildman–Crippen MR) is 72.8 cm³/mol. The van der Waals surface area contributed by atoms with Gasteiger partial charge in [0.2, 0.25) is 0 Å². The van der Waals surface area contributed by atoms with Crippen LogP contribution in [0.25, 0.3) is 0 Å². The Morgan fingerprint density at radius 2 is 2.17 bits per heavy atom. The van der Waals surface area contributed by atoms with Crippen molar-refractivity contribution >= 4 is 5.96 Å². The minimum atomic E-state index is 0.200. The van der Waals surface area contributed by atoms with Crippen molar-refractivity contribution < 1.29 is 4.74 Å². The Kier molecular flexibility index (Phi) is 4.79. The highest BCUT2D eigenvalue weighted by molar-refractivity contribution is 5.78. The molecule has 3 aliphatic heterocycles. The van der Waals surface area contributed by atoms with Gasteiger partial charge in [-0.3, -0.25) is 14.8 Å². The molecule has 0 amide bonds. The van der Waals surface area contributed by atoms with Crippen LogP contribution in [0.2, 0.25) is 0 Å². The number of methoxy groups -OCH3 is 1. The van der Waals surface area contributed by atoms with Crippen LogP contribution in [0.4, 0.5) is 0 Å². The summed E-state index contributed by atoms with van der Waals surface area (Å²) in [5, 5.41) is 3.14. The largest absolute Gasteiger partial charge is 0.383 e. The van der Waals surface area contributed by atoms with Crippen LogP contribution >= 0.6 is 0 Å². The van der Waals surface area contributed by atoms with Crippen molar-refractivity contribution in [3.8, 4) is 0 Å². The summed E-state index contributed by atoms with van der Waals surface area (Å²) in [7, 11) is 1.69. The molecule has 6 nitrogen and oxygen atoms in total. The third-order valence-corrected chi connectivity index (χ3v) is 3.68. The van der Waals surface area contributed by atoms with E-state index in [1.165, 1.54) is 26.2 Å². The maximum Gasteiger partial charge on any atom is 0.188 e. The SMILES string of the molecule is COCC(C)NC(N)=NCC1CN2CCN1CC2. The summed E-state index contributed by atoms with van der Waals surface area (Å²) in [4.78, 5) is 9.48. The van der Waals surface area contributed by atoms with E-state index in [2.05, 4.69) is 20.1 Å². The molecule has 3 saturated heterocycles. The van der Waals surface area contributed by atoms with Gasteiger partial charge < -0.3 is 15.8 Å². The normalized spacial score (nSPS) is 33.4. The molecule has 18 heavy (non-hydrogen) atoms. The van der Waals surface area contributed by atoms with E-state index in [1.54, 1.807) is 7.11 Å². The number of nitrogens with zero attached hydrogens (tertiary/aromatic N) is 3. The lowest BCUT2D eigenvalue weighted by Crippen LogP contribution is -2.62. The molecule has 0 spiro atoms. The molecule has 0 aromatic rings. The number of hydrogen-bond donors (Lipinski definition) is 2.